The lowest BCUT2D eigenvalue weighted by Gasteiger charge is -2.12. The van der Waals surface area contributed by atoms with Gasteiger partial charge in [-0.25, -0.2) is 4.98 Å². The molecule has 0 atom stereocenters. The van der Waals surface area contributed by atoms with E-state index in [1.807, 2.05) is 19.1 Å². The number of carbonyl (C=O) groups is 2. The average molecular weight is 342 g/mol. The van der Waals surface area contributed by atoms with E-state index in [2.05, 4.69) is 10.3 Å². The highest BCUT2D eigenvalue weighted by molar-refractivity contribution is 6.10. The molecule has 1 saturated carbocycles. The lowest BCUT2D eigenvalue weighted by Crippen LogP contribution is -2.31. The van der Waals surface area contributed by atoms with Crippen LogP contribution in [0.2, 0.25) is 0 Å². The van der Waals surface area contributed by atoms with Crippen LogP contribution in [0.5, 0.6) is 17.4 Å². The number of carboxylic acids is 1. The van der Waals surface area contributed by atoms with Crippen molar-refractivity contribution in [2.24, 2.45) is 5.41 Å². The maximum Gasteiger partial charge on any atom is 0.319 e. The predicted molar refractivity (Wildman–Crippen MR) is 90.0 cm³/mol. The molecular formula is C18H18N2O5. The number of aliphatic carboxylic acids is 1. The summed E-state index contributed by atoms with van der Waals surface area (Å²) in [4.78, 5) is 27.3. The molecule has 0 aliphatic heterocycles. The Balaban J connectivity index is 1.69. The Morgan fingerprint density at radius 2 is 1.96 bits per heavy atom. The van der Waals surface area contributed by atoms with Gasteiger partial charge in [0, 0.05) is 6.07 Å². The summed E-state index contributed by atoms with van der Waals surface area (Å²) in [6.07, 6.45) is 2.14. The number of pyridine rings is 1. The van der Waals surface area contributed by atoms with Gasteiger partial charge in [-0.05, 0) is 43.5 Å². The van der Waals surface area contributed by atoms with E-state index >= 15 is 0 Å². The zero-order valence-electron chi connectivity index (χ0n) is 13.9. The molecule has 1 amide bonds. The quantitative estimate of drug-likeness (QED) is 0.783. The molecule has 2 N–H and O–H groups in total. The minimum Gasteiger partial charge on any atom is -0.493 e. The van der Waals surface area contributed by atoms with Crippen LogP contribution in [0.1, 0.15) is 18.4 Å². The number of rotatable bonds is 6. The molecule has 7 heteroatoms. The number of carbonyl (C=O) groups excluding carboxylic acids is 1. The third-order valence-electron chi connectivity index (χ3n) is 4.12. The molecular weight excluding hydrogens is 324 g/mol. The van der Waals surface area contributed by atoms with Gasteiger partial charge in [0.05, 0.1) is 19.0 Å². The number of anilines is 1. The first kappa shape index (κ1) is 16.8. The van der Waals surface area contributed by atoms with Gasteiger partial charge in [-0.2, -0.15) is 0 Å². The minimum atomic E-state index is -1.29. The van der Waals surface area contributed by atoms with E-state index in [1.165, 1.54) is 6.20 Å². The number of hydrogen-bond acceptors (Lipinski definition) is 5. The van der Waals surface area contributed by atoms with Crippen LogP contribution in [0.15, 0.2) is 36.5 Å². The summed E-state index contributed by atoms with van der Waals surface area (Å²) >= 11 is 0. The van der Waals surface area contributed by atoms with E-state index in [9.17, 15) is 9.59 Å². The van der Waals surface area contributed by atoms with Gasteiger partial charge in [0.25, 0.3) is 0 Å². The van der Waals surface area contributed by atoms with Crippen LogP contribution in [0.4, 0.5) is 5.69 Å². The molecule has 3 rings (SSSR count). The average Bonchev–Trinajstić information content (AvgIpc) is 3.40. The summed E-state index contributed by atoms with van der Waals surface area (Å²) in [6.45, 7) is 1.95. The molecule has 0 unspecified atom stereocenters. The number of carboxylic acid groups (broad SMARTS) is 1. The summed E-state index contributed by atoms with van der Waals surface area (Å²) in [6, 6.07) is 8.74. The molecule has 0 bridgehead atoms. The van der Waals surface area contributed by atoms with E-state index in [1.54, 1.807) is 25.3 Å². The molecule has 25 heavy (non-hydrogen) atoms. The van der Waals surface area contributed by atoms with E-state index < -0.39 is 17.3 Å². The monoisotopic (exact) mass is 342 g/mol. The zero-order chi connectivity index (χ0) is 18.0. The van der Waals surface area contributed by atoms with Crippen LogP contribution in [0.25, 0.3) is 0 Å². The number of benzene rings is 1. The normalized spacial score (nSPS) is 14.5. The smallest absolute Gasteiger partial charge is 0.319 e. The molecule has 7 nitrogen and oxygen atoms in total. The maximum absolute atomic E-state index is 12.1. The Hall–Kier alpha value is -3.09. The minimum absolute atomic E-state index is 0.333. The lowest BCUT2D eigenvalue weighted by molar-refractivity contribution is -0.147. The summed E-state index contributed by atoms with van der Waals surface area (Å²) < 4.78 is 11.0. The van der Waals surface area contributed by atoms with E-state index in [0.717, 1.165) is 5.56 Å². The number of nitrogens with one attached hydrogen (secondary N) is 1. The number of nitrogens with zero attached hydrogens (tertiary/aromatic N) is 1. The van der Waals surface area contributed by atoms with Crippen molar-refractivity contribution in [2.75, 3.05) is 12.4 Å². The van der Waals surface area contributed by atoms with E-state index in [4.69, 9.17) is 14.6 Å². The van der Waals surface area contributed by atoms with Crippen molar-refractivity contribution >= 4 is 17.6 Å². The van der Waals surface area contributed by atoms with Crippen LogP contribution < -0.4 is 14.8 Å². The Kier molecular flexibility index (Phi) is 4.31. The van der Waals surface area contributed by atoms with Crippen LogP contribution >= 0.6 is 0 Å². The number of methoxy groups -OCH3 is 1. The molecule has 0 radical (unpaired) electrons. The topological polar surface area (TPSA) is 97.8 Å². The molecule has 130 valence electrons. The molecule has 1 aliphatic carbocycles. The molecule has 2 aromatic rings. The predicted octanol–water partition coefficient (Wildman–Crippen LogP) is 2.99. The van der Waals surface area contributed by atoms with Gasteiger partial charge >= 0.3 is 5.97 Å². The first-order valence-electron chi connectivity index (χ1n) is 7.78. The molecule has 1 aliphatic rings. The second kappa shape index (κ2) is 6.43. The number of hydrogen-bond donors (Lipinski definition) is 2. The number of ether oxygens (including phenoxy) is 2. The van der Waals surface area contributed by atoms with Gasteiger partial charge in [-0.1, -0.05) is 6.07 Å². The van der Waals surface area contributed by atoms with Gasteiger partial charge in [-0.15, -0.1) is 0 Å². The highest BCUT2D eigenvalue weighted by atomic mass is 16.5. The standard InChI is InChI=1S/C18H18N2O5/c1-11-3-5-13(14(9-11)24-2)25-15-6-4-12(10-19-15)20-16(21)18(7-8-18)17(22)23/h3-6,9-10H,7-8H2,1-2H3,(H,20,21)(H,22,23). The SMILES string of the molecule is COc1cc(C)ccc1Oc1ccc(NC(=O)C2(C(=O)O)CC2)cn1. The Labute approximate surface area is 144 Å². The van der Waals surface area contributed by atoms with Gasteiger partial charge in [0.1, 0.15) is 5.41 Å². The Bertz CT molecular complexity index is 813. The Morgan fingerprint density at radius 1 is 1.20 bits per heavy atom. The third kappa shape index (κ3) is 3.40. The second-order valence-electron chi connectivity index (χ2n) is 5.98. The van der Waals surface area contributed by atoms with Crippen molar-refractivity contribution in [3.8, 4) is 17.4 Å². The number of aromatic nitrogens is 1. The van der Waals surface area contributed by atoms with Gasteiger partial charge in [0.15, 0.2) is 11.5 Å². The summed E-state index contributed by atoms with van der Waals surface area (Å²) in [5.74, 6) is -0.156. The van der Waals surface area contributed by atoms with Crippen molar-refractivity contribution in [1.29, 1.82) is 0 Å². The molecule has 1 aromatic heterocycles. The summed E-state index contributed by atoms with van der Waals surface area (Å²) in [7, 11) is 1.56. The van der Waals surface area contributed by atoms with Crippen molar-refractivity contribution in [2.45, 2.75) is 19.8 Å². The molecule has 0 spiro atoms. The van der Waals surface area contributed by atoms with E-state index in [-0.39, 0.29) is 0 Å². The van der Waals surface area contributed by atoms with Crippen LogP contribution in [-0.4, -0.2) is 29.1 Å². The summed E-state index contributed by atoms with van der Waals surface area (Å²) in [5.41, 5.74) is 0.174. The van der Waals surface area contributed by atoms with Crippen LogP contribution in [0.3, 0.4) is 0 Å². The van der Waals surface area contributed by atoms with Gasteiger partial charge in [-0.3, -0.25) is 9.59 Å². The fourth-order valence-electron chi connectivity index (χ4n) is 2.40. The van der Waals surface area contributed by atoms with Crippen molar-refractivity contribution in [3.05, 3.63) is 42.1 Å². The van der Waals surface area contributed by atoms with Gasteiger partial charge in [0.2, 0.25) is 11.8 Å². The largest absolute Gasteiger partial charge is 0.493 e. The van der Waals surface area contributed by atoms with Crippen LogP contribution in [0, 0.1) is 12.3 Å². The number of aryl methyl sites for hydroxylation is 1. The maximum atomic E-state index is 12.1. The lowest BCUT2D eigenvalue weighted by atomic mass is 10.1. The second-order valence-corrected chi connectivity index (χ2v) is 5.98. The highest BCUT2D eigenvalue weighted by Crippen LogP contribution is 2.46. The third-order valence-corrected chi connectivity index (χ3v) is 4.12. The zero-order valence-corrected chi connectivity index (χ0v) is 13.9. The molecule has 1 heterocycles. The molecule has 0 saturated heterocycles. The van der Waals surface area contributed by atoms with E-state index in [0.29, 0.717) is 35.9 Å². The van der Waals surface area contributed by atoms with Crippen molar-refractivity contribution in [3.63, 3.8) is 0 Å². The van der Waals surface area contributed by atoms with Gasteiger partial charge < -0.3 is 19.9 Å². The first-order valence-corrected chi connectivity index (χ1v) is 7.78. The molecule has 1 aromatic carbocycles. The first-order chi connectivity index (χ1) is 11.9. The fourth-order valence-corrected chi connectivity index (χ4v) is 2.40. The number of amides is 1. The van der Waals surface area contributed by atoms with Crippen molar-refractivity contribution in [1.82, 2.24) is 4.98 Å². The van der Waals surface area contributed by atoms with Crippen molar-refractivity contribution < 1.29 is 24.2 Å². The molecule has 1 fully saturated rings. The Morgan fingerprint density at radius 3 is 2.52 bits per heavy atom. The summed E-state index contributed by atoms with van der Waals surface area (Å²) in [5, 5.41) is 11.7. The van der Waals surface area contributed by atoms with Crippen LogP contribution in [-0.2, 0) is 9.59 Å². The highest BCUT2D eigenvalue weighted by Gasteiger charge is 2.57. The fraction of sp³-hybridized carbons (Fsp3) is 0.278.